The van der Waals surface area contributed by atoms with Crippen LogP contribution in [-0.4, -0.2) is 61.6 Å². The second-order valence-corrected chi connectivity index (χ2v) is 9.48. The molecule has 2 heterocycles. The van der Waals surface area contributed by atoms with E-state index in [1.54, 1.807) is 7.11 Å². The van der Waals surface area contributed by atoms with Gasteiger partial charge in [-0.2, -0.15) is 0 Å². The van der Waals surface area contributed by atoms with Gasteiger partial charge in [-0.15, -0.1) is 0 Å². The SMILES string of the molecule is COc1ccc([C@@H]2CN(C(=O)C3CCC3)[C@H]3CCN(CCOc4ccccc4)C[C@@H]23)cc1. The number of fused-ring (bicyclic) bond motifs is 1. The molecule has 3 aliphatic rings. The van der Waals surface area contributed by atoms with Crippen molar-refractivity contribution in [2.75, 3.05) is 39.9 Å². The fraction of sp³-hybridized carbons (Fsp3) is 0.519. The number of rotatable bonds is 7. The van der Waals surface area contributed by atoms with Crippen molar-refractivity contribution in [3.63, 3.8) is 0 Å². The number of carbonyl (C=O) groups excluding carboxylic acids is 1. The quantitative estimate of drug-likeness (QED) is 0.655. The van der Waals surface area contributed by atoms with Gasteiger partial charge in [-0.3, -0.25) is 9.69 Å². The van der Waals surface area contributed by atoms with Crippen molar-refractivity contribution >= 4 is 5.91 Å². The zero-order valence-corrected chi connectivity index (χ0v) is 19.0. The fourth-order valence-corrected chi connectivity index (χ4v) is 5.66. The van der Waals surface area contributed by atoms with Crippen LogP contribution < -0.4 is 9.47 Å². The highest BCUT2D eigenvalue weighted by Crippen LogP contribution is 2.43. The number of hydrogen-bond acceptors (Lipinski definition) is 4. The normalized spacial score (nSPS) is 25.8. The number of piperidine rings is 1. The van der Waals surface area contributed by atoms with Crippen molar-refractivity contribution < 1.29 is 14.3 Å². The van der Waals surface area contributed by atoms with E-state index < -0.39 is 0 Å². The van der Waals surface area contributed by atoms with E-state index >= 15 is 0 Å². The molecule has 1 saturated carbocycles. The molecule has 3 atom stereocenters. The smallest absolute Gasteiger partial charge is 0.225 e. The molecule has 2 aromatic carbocycles. The number of para-hydroxylation sites is 1. The molecule has 170 valence electrons. The Kier molecular flexibility index (Phi) is 6.35. The monoisotopic (exact) mass is 434 g/mol. The van der Waals surface area contributed by atoms with E-state index in [0.29, 0.717) is 30.4 Å². The van der Waals surface area contributed by atoms with Gasteiger partial charge in [0.25, 0.3) is 0 Å². The number of amides is 1. The van der Waals surface area contributed by atoms with Crippen LogP contribution in [0.3, 0.4) is 0 Å². The summed E-state index contributed by atoms with van der Waals surface area (Å²) in [6.45, 7) is 4.52. The average molecular weight is 435 g/mol. The van der Waals surface area contributed by atoms with E-state index in [0.717, 1.165) is 56.9 Å². The highest BCUT2D eigenvalue weighted by molar-refractivity contribution is 5.80. The molecule has 1 amide bonds. The number of likely N-dealkylation sites (tertiary alicyclic amines) is 2. The molecule has 0 aromatic heterocycles. The van der Waals surface area contributed by atoms with Crippen molar-refractivity contribution in [2.24, 2.45) is 11.8 Å². The molecule has 3 fully saturated rings. The van der Waals surface area contributed by atoms with E-state index in [1.165, 1.54) is 12.0 Å². The van der Waals surface area contributed by atoms with E-state index in [4.69, 9.17) is 9.47 Å². The number of carbonyl (C=O) groups is 1. The first kappa shape index (κ1) is 21.3. The predicted molar refractivity (Wildman–Crippen MR) is 125 cm³/mol. The molecule has 0 N–H and O–H groups in total. The van der Waals surface area contributed by atoms with Crippen LogP contribution in [0, 0.1) is 11.8 Å². The Morgan fingerprint density at radius 1 is 0.969 bits per heavy atom. The summed E-state index contributed by atoms with van der Waals surface area (Å²) in [5, 5.41) is 0. The molecular formula is C27H34N2O3. The highest BCUT2D eigenvalue weighted by atomic mass is 16.5. The molecular weight excluding hydrogens is 400 g/mol. The highest BCUT2D eigenvalue weighted by Gasteiger charge is 2.48. The zero-order valence-electron chi connectivity index (χ0n) is 19.0. The van der Waals surface area contributed by atoms with Crippen molar-refractivity contribution in [2.45, 2.75) is 37.6 Å². The Labute approximate surface area is 191 Å². The maximum absolute atomic E-state index is 13.2. The summed E-state index contributed by atoms with van der Waals surface area (Å²) in [4.78, 5) is 18.0. The second-order valence-electron chi connectivity index (χ2n) is 9.48. The lowest BCUT2D eigenvalue weighted by atomic mass is 9.81. The number of nitrogens with zero attached hydrogens (tertiary/aromatic N) is 2. The first-order valence-corrected chi connectivity index (χ1v) is 12.1. The molecule has 5 rings (SSSR count). The molecule has 2 aliphatic heterocycles. The first-order chi connectivity index (χ1) is 15.7. The Morgan fingerprint density at radius 3 is 2.44 bits per heavy atom. The number of hydrogen-bond donors (Lipinski definition) is 0. The minimum absolute atomic E-state index is 0.266. The Hall–Kier alpha value is -2.53. The van der Waals surface area contributed by atoms with E-state index in [9.17, 15) is 4.79 Å². The van der Waals surface area contributed by atoms with Crippen molar-refractivity contribution in [3.05, 3.63) is 60.2 Å². The average Bonchev–Trinajstić information content (AvgIpc) is 3.18. The van der Waals surface area contributed by atoms with Gasteiger partial charge in [-0.05, 0) is 49.1 Å². The van der Waals surface area contributed by atoms with Crippen LogP contribution in [0.5, 0.6) is 11.5 Å². The molecule has 5 heteroatoms. The van der Waals surface area contributed by atoms with Gasteiger partial charge in [0.05, 0.1) is 7.11 Å². The molecule has 0 unspecified atom stereocenters. The summed E-state index contributed by atoms with van der Waals surface area (Å²) >= 11 is 0. The third kappa shape index (κ3) is 4.36. The summed E-state index contributed by atoms with van der Waals surface area (Å²) in [5.74, 6) is 3.34. The van der Waals surface area contributed by atoms with Crippen molar-refractivity contribution in [3.8, 4) is 11.5 Å². The summed E-state index contributed by atoms with van der Waals surface area (Å²) in [7, 11) is 1.70. The number of methoxy groups -OCH3 is 1. The maximum atomic E-state index is 13.2. The second kappa shape index (κ2) is 9.53. The van der Waals surface area contributed by atoms with Gasteiger partial charge in [-0.25, -0.2) is 0 Å². The van der Waals surface area contributed by atoms with Crippen LogP contribution in [0.1, 0.15) is 37.2 Å². The van der Waals surface area contributed by atoms with Gasteiger partial charge in [0.15, 0.2) is 0 Å². The Bertz CT molecular complexity index is 897. The van der Waals surface area contributed by atoms with Crippen molar-refractivity contribution in [1.82, 2.24) is 9.80 Å². The summed E-state index contributed by atoms with van der Waals surface area (Å²) in [6.07, 6.45) is 4.41. The molecule has 0 radical (unpaired) electrons. The van der Waals surface area contributed by atoms with Gasteiger partial charge in [0, 0.05) is 50.0 Å². The summed E-state index contributed by atoms with van der Waals surface area (Å²) in [6, 6.07) is 18.9. The molecule has 1 aliphatic carbocycles. The summed E-state index contributed by atoms with van der Waals surface area (Å²) < 4.78 is 11.3. The Balaban J connectivity index is 1.28. The van der Waals surface area contributed by atoms with Crippen LogP contribution >= 0.6 is 0 Å². The first-order valence-electron chi connectivity index (χ1n) is 12.1. The lowest BCUT2D eigenvalue weighted by Gasteiger charge is -2.40. The number of benzene rings is 2. The minimum atomic E-state index is 0.266. The predicted octanol–water partition coefficient (Wildman–Crippen LogP) is 4.19. The van der Waals surface area contributed by atoms with Gasteiger partial charge in [0.2, 0.25) is 5.91 Å². The standard InChI is InChI=1S/C27H34N2O3/c1-31-22-12-10-20(11-13-22)24-19-29(27(30)21-6-5-7-21)26-14-15-28(18-25(24)26)16-17-32-23-8-3-2-4-9-23/h2-4,8-13,21,24-26H,5-7,14-19H2,1H3/t24-,25-,26-/m0/s1. The summed E-state index contributed by atoms with van der Waals surface area (Å²) in [5.41, 5.74) is 1.33. The van der Waals surface area contributed by atoms with Crippen LogP contribution in [0.4, 0.5) is 0 Å². The van der Waals surface area contributed by atoms with E-state index in [1.807, 2.05) is 30.3 Å². The third-order valence-electron chi connectivity index (χ3n) is 7.72. The van der Waals surface area contributed by atoms with Gasteiger partial charge >= 0.3 is 0 Å². The van der Waals surface area contributed by atoms with Crippen molar-refractivity contribution in [1.29, 1.82) is 0 Å². The minimum Gasteiger partial charge on any atom is -0.497 e. The van der Waals surface area contributed by atoms with Gasteiger partial charge < -0.3 is 14.4 Å². The van der Waals surface area contributed by atoms with Crippen LogP contribution in [0.2, 0.25) is 0 Å². The lowest BCUT2D eigenvalue weighted by molar-refractivity contribution is -0.140. The topological polar surface area (TPSA) is 42.0 Å². The van der Waals surface area contributed by atoms with Crippen LogP contribution in [0.25, 0.3) is 0 Å². The molecule has 0 bridgehead atoms. The van der Waals surface area contributed by atoms with Crippen LogP contribution in [0.15, 0.2) is 54.6 Å². The molecule has 32 heavy (non-hydrogen) atoms. The largest absolute Gasteiger partial charge is 0.497 e. The van der Waals surface area contributed by atoms with Crippen LogP contribution in [-0.2, 0) is 4.79 Å². The third-order valence-corrected chi connectivity index (χ3v) is 7.72. The molecule has 2 saturated heterocycles. The fourth-order valence-electron chi connectivity index (χ4n) is 5.66. The zero-order chi connectivity index (χ0) is 21.9. The molecule has 2 aromatic rings. The van der Waals surface area contributed by atoms with Gasteiger partial charge in [-0.1, -0.05) is 36.8 Å². The maximum Gasteiger partial charge on any atom is 0.225 e. The lowest BCUT2D eigenvalue weighted by Crippen LogP contribution is -2.50. The Morgan fingerprint density at radius 2 is 1.75 bits per heavy atom. The molecule has 0 spiro atoms. The van der Waals surface area contributed by atoms with E-state index in [-0.39, 0.29) is 5.92 Å². The molecule has 5 nitrogen and oxygen atoms in total. The van der Waals surface area contributed by atoms with E-state index in [2.05, 4.69) is 34.1 Å². The number of ether oxygens (including phenoxy) is 2. The van der Waals surface area contributed by atoms with Gasteiger partial charge in [0.1, 0.15) is 18.1 Å².